The largest absolute Gasteiger partial charge is 0.481 e. The highest BCUT2D eigenvalue weighted by Gasteiger charge is 1.90. The molecule has 0 bridgehead atoms. The number of anilines is 1. The fraction of sp³-hybridized carbons (Fsp3) is 0.273. The predicted molar refractivity (Wildman–Crippen MR) is 58.8 cm³/mol. The summed E-state index contributed by atoms with van der Waals surface area (Å²) < 4.78 is 0. The van der Waals surface area contributed by atoms with Gasteiger partial charge in [0.15, 0.2) is 6.29 Å². The maximum Gasteiger partial charge on any atom is 0.303 e. The number of hydrogen-bond donors (Lipinski definition) is 2. The van der Waals surface area contributed by atoms with Crippen LogP contribution in [0.4, 0.5) is 5.69 Å². The first-order chi connectivity index (χ1) is 7.11. The van der Waals surface area contributed by atoms with Crippen LogP contribution in [0.25, 0.3) is 0 Å². The van der Waals surface area contributed by atoms with E-state index in [1.165, 1.54) is 0 Å². The first kappa shape index (κ1) is 13.2. The summed E-state index contributed by atoms with van der Waals surface area (Å²) in [6.07, 6.45) is 1.77. The lowest BCUT2D eigenvalue weighted by Gasteiger charge is -1.92. The van der Waals surface area contributed by atoms with Gasteiger partial charge in [-0.1, -0.05) is 19.1 Å². The number of carboxylic acid groups (broad SMARTS) is 1. The minimum atomic E-state index is -0.711. The zero-order valence-corrected chi connectivity index (χ0v) is 8.64. The first-order valence-electron chi connectivity index (χ1n) is 4.63. The molecule has 4 nitrogen and oxygen atoms in total. The fourth-order valence-corrected chi connectivity index (χ4v) is 0.832. The predicted octanol–water partition coefficient (Wildman–Crippen LogP) is 1.95. The second-order valence-corrected chi connectivity index (χ2v) is 2.89. The molecule has 0 heterocycles. The minimum Gasteiger partial charge on any atom is -0.481 e. The van der Waals surface area contributed by atoms with E-state index in [1.54, 1.807) is 24.3 Å². The number of carbonyl (C=O) groups is 2. The normalized spacial score (nSPS) is 8.60. The summed E-state index contributed by atoms with van der Waals surface area (Å²) in [5, 5.41) is 7.91. The number of nitrogens with two attached hydrogens (primary N) is 1. The maximum absolute atomic E-state index is 10.1. The van der Waals surface area contributed by atoms with Crippen LogP contribution >= 0.6 is 0 Å². The lowest BCUT2D eigenvalue weighted by molar-refractivity contribution is -0.137. The van der Waals surface area contributed by atoms with E-state index in [4.69, 9.17) is 10.8 Å². The van der Waals surface area contributed by atoms with Crippen molar-refractivity contribution in [3.63, 3.8) is 0 Å². The Balaban J connectivity index is 0.000000288. The van der Waals surface area contributed by atoms with Crippen LogP contribution in [0.15, 0.2) is 24.3 Å². The van der Waals surface area contributed by atoms with Gasteiger partial charge < -0.3 is 10.8 Å². The van der Waals surface area contributed by atoms with Gasteiger partial charge in [-0.05, 0) is 18.6 Å². The maximum atomic E-state index is 10.1. The molecule has 0 aliphatic heterocycles. The van der Waals surface area contributed by atoms with Crippen molar-refractivity contribution >= 4 is 17.9 Å². The van der Waals surface area contributed by atoms with Crippen molar-refractivity contribution in [2.75, 3.05) is 5.73 Å². The second kappa shape index (κ2) is 7.55. The average Bonchev–Trinajstić information content (AvgIpc) is 2.19. The molecule has 0 amide bonds. The highest BCUT2D eigenvalue weighted by Crippen LogP contribution is 2.05. The molecule has 1 aromatic carbocycles. The van der Waals surface area contributed by atoms with Gasteiger partial charge in [0.2, 0.25) is 0 Å². The number of para-hydroxylation sites is 1. The van der Waals surface area contributed by atoms with Gasteiger partial charge in [0.25, 0.3) is 0 Å². The molecule has 15 heavy (non-hydrogen) atoms. The van der Waals surface area contributed by atoms with Gasteiger partial charge in [0.05, 0.1) is 0 Å². The van der Waals surface area contributed by atoms with Crippen LogP contribution in [-0.4, -0.2) is 17.4 Å². The first-order valence-corrected chi connectivity index (χ1v) is 4.63. The number of nitrogen functional groups attached to an aromatic ring is 1. The van der Waals surface area contributed by atoms with Crippen molar-refractivity contribution in [3.05, 3.63) is 29.8 Å². The van der Waals surface area contributed by atoms with Gasteiger partial charge >= 0.3 is 5.97 Å². The molecule has 0 aromatic heterocycles. The molecule has 0 atom stereocenters. The van der Waals surface area contributed by atoms with E-state index >= 15 is 0 Å². The molecule has 0 radical (unpaired) electrons. The molecule has 0 spiro atoms. The zero-order valence-electron chi connectivity index (χ0n) is 8.64. The molecule has 3 N–H and O–H groups in total. The molecule has 1 aromatic rings. The van der Waals surface area contributed by atoms with E-state index in [0.29, 0.717) is 17.7 Å². The Morgan fingerprint density at radius 2 is 2.07 bits per heavy atom. The quantitative estimate of drug-likeness (QED) is 0.589. The van der Waals surface area contributed by atoms with E-state index in [9.17, 15) is 9.59 Å². The van der Waals surface area contributed by atoms with Gasteiger partial charge in [0.1, 0.15) is 0 Å². The van der Waals surface area contributed by atoms with E-state index in [1.807, 2.05) is 6.92 Å². The number of carbonyl (C=O) groups excluding carboxylic acids is 1. The SMILES string of the molecule is CCCC(=O)O.Nc1ccccc1C=O. The Labute approximate surface area is 88.7 Å². The third-order valence-electron chi connectivity index (χ3n) is 1.59. The van der Waals surface area contributed by atoms with E-state index in [2.05, 4.69) is 0 Å². The lowest BCUT2D eigenvalue weighted by atomic mass is 10.2. The molecule has 1 rings (SSSR count). The van der Waals surface area contributed by atoms with Crippen molar-refractivity contribution in [3.8, 4) is 0 Å². The number of aldehydes is 1. The van der Waals surface area contributed by atoms with Crippen molar-refractivity contribution in [2.24, 2.45) is 0 Å². The van der Waals surface area contributed by atoms with Gasteiger partial charge in [-0.2, -0.15) is 0 Å². The van der Waals surface area contributed by atoms with E-state index in [-0.39, 0.29) is 0 Å². The highest BCUT2D eigenvalue weighted by atomic mass is 16.4. The van der Waals surface area contributed by atoms with Crippen LogP contribution < -0.4 is 5.73 Å². The molecular formula is C11H15NO3. The van der Waals surface area contributed by atoms with Gasteiger partial charge in [-0.15, -0.1) is 0 Å². The molecule has 4 heteroatoms. The second-order valence-electron chi connectivity index (χ2n) is 2.89. The summed E-state index contributed by atoms with van der Waals surface area (Å²) in [6, 6.07) is 6.95. The molecule has 0 aliphatic carbocycles. The topological polar surface area (TPSA) is 80.4 Å². The van der Waals surface area contributed by atoms with Crippen LogP contribution in [0.1, 0.15) is 30.1 Å². The Hall–Kier alpha value is -1.84. The third-order valence-corrected chi connectivity index (χ3v) is 1.59. The Kier molecular flexibility index (Phi) is 6.63. The van der Waals surface area contributed by atoms with Crippen molar-refractivity contribution in [1.29, 1.82) is 0 Å². The smallest absolute Gasteiger partial charge is 0.303 e. The summed E-state index contributed by atoms with van der Waals surface area (Å²) in [4.78, 5) is 19.7. The van der Waals surface area contributed by atoms with E-state index in [0.717, 1.165) is 12.7 Å². The molecule has 0 fully saturated rings. The number of hydrogen-bond acceptors (Lipinski definition) is 3. The van der Waals surface area contributed by atoms with Gasteiger partial charge in [-0.3, -0.25) is 9.59 Å². The standard InChI is InChI=1S/C7H7NO.C4H8O2/c8-7-4-2-1-3-6(7)5-9;1-2-3-4(5)6/h1-5H,8H2;2-3H2,1H3,(H,5,6). The van der Waals surface area contributed by atoms with Crippen LogP contribution in [0.3, 0.4) is 0 Å². The van der Waals surface area contributed by atoms with Crippen molar-refractivity contribution in [2.45, 2.75) is 19.8 Å². The zero-order chi connectivity index (χ0) is 11.7. The fourth-order valence-electron chi connectivity index (χ4n) is 0.832. The summed E-state index contributed by atoms with van der Waals surface area (Å²) in [6.45, 7) is 1.84. The lowest BCUT2D eigenvalue weighted by Crippen LogP contribution is -1.90. The summed E-state index contributed by atoms with van der Waals surface area (Å²) in [5.74, 6) is -0.711. The summed E-state index contributed by atoms with van der Waals surface area (Å²) in [7, 11) is 0. The molecular weight excluding hydrogens is 194 g/mol. The Morgan fingerprint density at radius 1 is 1.47 bits per heavy atom. The Morgan fingerprint density at radius 3 is 2.33 bits per heavy atom. The monoisotopic (exact) mass is 209 g/mol. The van der Waals surface area contributed by atoms with Crippen LogP contribution in [0, 0.1) is 0 Å². The molecule has 0 saturated heterocycles. The molecule has 0 saturated carbocycles. The van der Waals surface area contributed by atoms with Gasteiger partial charge in [-0.25, -0.2) is 0 Å². The van der Waals surface area contributed by atoms with Crippen LogP contribution in [0.5, 0.6) is 0 Å². The Bertz CT molecular complexity index is 323. The molecule has 0 unspecified atom stereocenters. The van der Waals surface area contributed by atoms with Crippen LogP contribution in [0.2, 0.25) is 0 Å². The average molecular weight is 209 g/mol. The van der Waals surface area contributed by atoms with Crippen LogP contribution in [-0.2, 0) is 4.79 Å². The number of aliphatic carboxylic acids is 1. The number of rotatable bonds is 3. The summed E-state index contributed by atoms with van der Waals surface area (Å²) >= 11 is 0. The molecule has 0 aliphatic rings. The van der Waals surface area contributed by atoms with Gasteiger partial charge in [0, 0.05) is 17.7 Å². The molecule has 82 valence electrons. The summed E-state index contributed by atoms with van der Waals surface area (Å²) in [5.41, 5.74) is 6.49. The number of carboxylic acids is 1. The number of benzene rings is 1. The minimum absolute atomic E-state index is 0.292. The van der Waals surface area contributed by atoms with Crippen molar-refractivity contribution in [1.82, 2.24) is 0 Å². The highest BCUT2D eigenvalue weighted by molar-refractivity contribution is 5.82. The van der Waals surface area contributed by atoms with E-state index < -0.39 is 5.97 Å². The third kappa shape index (κ3) is 6.26. The van der Waals surface area contributed by atoms with Crippen molar-refractivity contribution < 1.29 is 14.7 Å².